The summed E-state index contributed by atoms with van der Waals surface area (Å²) in [6.45, 7) is 14.3. The first-order valence-electron chi connectivity index (χ1n) is 7.34. The third-order valence-corrected chi connectivity index (χ3v) is 11.4. The summed E-state index contributed by atoms with van der Waals surface area (Å²) in [5.41, 5.74) is 3.27. The molecule has 0 saturated carbocycles. The number of rotatable bonds is 4. The van der Waals surface area contributed by atoms with Gasteiger partial charge in [-0.25, -0.2) is 4.98 Å². The Labute approximate surface area is 117 Å². The van der Waals surface area contributed by atoms with Crippen LogP contribution in [-0.4, -0.2) is 17.5 Å². The lowest BCUT2D eigenvalue weighted by Gasteiger charge is -2.44. The van der Waals surface area contributed by atoms with E-state index in [1.54, 1.807) is 0 Å². The van der Waals surface area contributed by atoms with Crippen LogP contribution in [0, 0.1) is 0 Å². The molecule has 19 heavy (non-hydrogen) atoms. The fourth-order valence-electron chi connectivity index (χ4n) is 4.11. The van der Waals surface area contributed by atoms with Gasteiger partial charge in [0, 0.05) is 11.6 Å². The molecule has 0 N–H and O–H groups in total. The number of pyridine rings is 1. The van der Waals surface area contributed by atoms with Gasteiger partial charge in [0.25, 0.3) is 0 Å². The average Bonchev–Trinajstić information content (AvgIpc) is 2.73. The molecule has 0 bridgehead atoms. The van der Waals surface area contributed by atoms with Crippen LogP contribution in [0.5, 0.6) is 0 Å². The summed E-state index contributed by atoms with van der Waals surface area (Å²) in [6.07, 6.45) is 4.20. The predicted octanol–water partition coefficient (Wildman–Crippen LogP) is 5.06. The normalized spacial score (nSPS) is 13.1. The molecule has 3 heteroatoms. The lowest BCUT2D eigenvalue weighted by molar-refractivity contribution is 0.770. The van der Waals surface area contributed by atoms with Crippen LogP contribution in [0.3, 0.4) is 0 Å². The van der Waals surface area contributed by atoms with E-state index in [2.05, 4.69) is 69.1 Å². The molecule has 0 saturated heterocycles. The van der Waals surface area contributed by atoms with Crippen molar-refractivity contribution in [3.8, 4) is 0 Å². The van der Waals surface area contributed by atoms with Crippen LogP contribution in [0.15, 0.2) is 30.6 Å². The Kier molecular flexibility index (Phi) is 3.86. The van der Waals surface area contributed by atoms with Gasteiger partial charge in [0.1, 0.15) is 5.65 Å². The lowest BCUT2D eigenvalue weighted by Crippen LogP contribution is -2.51. The standard InChI is InChI=1S/C16H26N2Si/c1-12(2)19(13(3)4,14(5)6)18-11-9-15-8-7-10-17-16(15)18/h7-14H,1-6H3. The van der Waals surface area contributed by atoms with Gasteiger partial charge in [0.05, 0.1) is 0 Å². The first kappa shape index (κ1) is 14.3. The summed E-state index contributed by atoms with van der Waals surface area (Å²) in [5, 5.41) is 1.27. The number of hydrogen-bond donors (Lipinski definition) is 0. The summed E-state index contributed by atoms with van der Waals surface area (Å²) < 4.78 is 2.56. The van der Waals surface area contributed by atoms with Crippen molar-refractivity contribution in [1.29, 1.82) is 0 Å². The molecule has 0 atom stereocenters. The molecular formula is C16H26N2Si. The Morgan fingerprint density at radius 2 is 1.53 bits per heavy atom. The Balaban J connectivity index is 2.74. The van der Waals surface area contributed by atoms with E-state index in [-0.39, 0.29) is 0 Å². The molecule has 0 aliphatic heterocycles. The second-order valence-electron chi connectivity index (χ2n) is 6.45. The molecule has 0 aromatic carbocycles. The Hall–Kier alpha value is -1.09. The molecule has 2 heterocycles. The first-order chi connectivity index (χ1) is 8.92. The van der Waals surface area contributed by atoms with Gasteiger partial charge in [0.15, 0.2) is 8.24 Å². The predicted molar refractivity (Wildman–Crippen MR) is 86.2 cm³/mol. The SMILES string of the molecule is CC(C)[Si](C(C)C)(C(C)C)n1ccc2cccnc21. The molecule has 2 aromatic rings. The van der Waals surface area contributed by atoms with E-state index in [9.17, 15) is 0 Å². The smallest absolute Gasteiger partial charge is 0.171 e. The van der Waals surface area contributed by atoms with Crippen LogP contribution in [0.1, 0.15) is 41.5 Å². The van der Waals surface area contributed by atoms with E-state index in [0.717, 1.165) is 0 Å². The molecule has 0 aliphatic carbocycles. The van der Waals surface area contributed by atoms with Gasteiger partial charge < -0.3 is 4.23 Å². The quantitative estimate of drug-likeness (QED) is 0.713. The number of nitrogens with zero attached hydrogens (tertiary/aromatic N) is 2. The Morgan fingerprint density at radius 3 is 2.05 bits per heavy atom. The van der Waals surface area contributed by atoms with E-state index in [1.165, 1.54) is 11.0 Å². The topological polar surface area (TPSA) is 17.8 Å². The van der Waals surface area contributed by atoms with Crippen molar-refractivity contribution < 1.29 is 0 Å². The maximum absolute atomic E-state index is 4.65. The molecule has 0 fully saturated rings. The highest BCUT2D eigenvalue weighted by Gasteiger charge is 2.45. The summed E-state index contributed by atoms with van der Waals surface area (Å²) in [7, 11) is -1.66. The largest absolute Gasteiger partial charge is 0.359 e. The molecule has 2 aromatic heterocycles. The van der Waals surface area contributed by atoms with E-state index < -0.39 is 8.24 Å². The van der Waals surface area contributed by atoms with Crippen molar-refractivity contribution in [3.05, 3.63) is 30.6 Å². The number of hydrogen-bond acceptors (Lipinski definition) is 1. The van der Waals surface area contributed by atoms with Crippen molar-refractivity contribution in [1.82, 2.24) is 9.22 Å². The second-order valence-corrected chi connectivity index (χ2v) is 12.2. The minimum Gasteiger partial charge on any atom is -0.359 e. The summed E-state index contributed by atoms with van der Waals surface area (Å²) in [5.74, 6) is 0. The highest BCUT2D eigenvalue weighted by molar-refractivity contribution is 6.82. The molecule has 2 rings (SSSR count). The van der Waals surface area contributed by atoms with Crippen LogP contribution < -0.4 is 0 Å². The minimum absolute atomic E-state index is 0.699. The number of fused-ring (bicyclic) bond motifs is 1. The van der Waals surface area contributed by atoms with E-state index in [0.29, 0.717) is 16.6 Å². The van der Waals surface area contributed by atoms with Gasteiger partial charge in [-0.2, -0.15) is 0 Å². The van der Waals surface area contributed by atoms with Crippen molar-refractivity contribution in [2.24, 2.45) is 0 Å². The zero-order chi connectivity index (χ0) is 14.2. The second kappa shape index (κ2) is 5.12. The van der Waals surface area contributed by atoms with Gasteiger partial charge in [-0.15, -0.1) is 0 Å². The Bertz CT molecular complexity index is 533. The summed E-state index contributed by atoms with van der Waals surface area (Å²) in [6, 6.07) is 6.41. The van der Waals surface area contributed by atoms with E-state index in [4.69, 9.17) is 0 Å². The summed E-state index contributed by atoms with van der Waals surface area (Å²) >= 11 is 0. The molecule has 0 amide bonds. The van der Waals surface area contributed by atoms with Crippen LogP contribution in [0.4, 0.5) is 0 Å². The Morgan fingerprint density at radius 1 is 0.947 bits per heavy atom. The fraction of sp³-hybridized carbons (Fsp3) is 0.562. The molecule has 2 nitrogen and oxygen atoms in total. The van der Waals surface area contributed by atoms with Gasteiger partial charge in [0.2, 0.25) is 0 Å². The average molecular weight is 274 g/mol. The maximum Gasteiger partial charge on any atom is 0.171 e. The van der Waals surface area contributed by atoms with Crippen molar-refractivity contribution >= 4 is 19.3 Å². The van der Waals surface area contributed by atoms with Crippen molar-refractivity contribution in [2.75, 3.05) is 0 Å². The highest BCUT2D eigenvalue weighted by atomic mass is 28.3. The first-order valence-corrected chi connectivity index (χ1v) is 9.52. The van der Waals surface area contributed by atoms with Crippen LogP contribution in [-0.2, 0) is 0 Å². The monoisotopic (exact) mass is 274 g/mol. The molecule has 0 unspecified atom stereocenters. The van der Waals surface area contributed by atoms with Crippen molar-refractivity contribution in [3.63, 3.8) is 0 Å². The summed E-state index contributed by atoms with van der Waals surface area (Å²) in [4.78, 5) is 4.65. The van der Waals surface area contributed by atoms with Gasteiger partial charge in [-0.05, 0) is 41.0 Å². The highest BCUT2D eigenvalue weighted by Crippen LogP contribution is 2.43. The van der Waals surface area contributed by atoms with Crippen LogP contribution in [0.25, 0.3) is 11.0 Å². The molecule has 0 radical (unpaired) electrons. The molecular weight excluding hydrogens is 248 g/mol. The van der Waals surface area contributed by atoms with E-state index in [1.807, 2.05) is 12.3 Å². The third kappa shape index (κ3) is 2.04. The maximum atomic E-state index is 4.65. The van der Waals surface area contributed by atoms with E-state index >= 15 is 0 Å². The van der Waals surface area contributed by atoms with Crippen LogP contribution in [0.2, 0.25) is 16.6 Å². The van der Waals surface area contributed by atoms with Gasteiger partial charge in [-0.1, -0.05) is 41.5 Å². The van der Waals surface area contributed by atoms with Gasteiger partial charge >= 0.3 is 0 Å². The zero-order valence-electron chi connectivity index (χ0n) is 13.0. The zero-order valence-corrected chi connectivity index (χ0v) is 14.0. The van der Waals surface area contributed by atoms with Crippen LogP contribution >= 0.6 is 0 Å². The number of aromatic nitrogens is 2. The third-order valence-electron chi connectivity index (χ3n) is 4.64. The molecule has 104 valence electrons. The minimum atomic E-state index is -1.66. The molecule has 0 aliphatic rings. The van der Waals surface area contributed by atoms with Crippen molar-refractivity contribution in [2.45, 2.75) is 58.2 Å². The fourth-order valence-corrected chi connectivity index (χ4v) is 10.7. The van der Waals surface area contributed by atoms with Gasteiger partial charge in [-0.3, -0.25) is 0 Å². The molecule has 0 spiro atoms. The lowest BCUT2D eigenvalue weighted by atomic mass is 10.3.